The van der Waals surface area contributed by atoms with Gasteiger partial charge in [-0.25, -0.2) is 8.78 Å². The highest BCUT2D eigenvalue weighted by atomic mass is 19.1. The Balaban J connectivity index is 1.83. The minimum atomic E-state index is -0.632. The van der Waals surface area contributed by atoms with Crippen molar-refractivity contribution < 1.29 is 18.3 Å². The number of primary amides is 1. The first-order chi connectivity index (χ1) is 9.06. The zero-order chi connectivity index (χ0) is 13.8. The molecule has 6 heteroatoms. The van der Waals surface area contributed by atoms with E-state index in [0.717, 1.165) is 31.0 Å². The summed E-state index contributed by atoms with van der Waals surface area (Å²) in [5, 5.41) is 3.08. The van der Waals surface area contributed by atoms with Gasteiger partial charge in [-0.3, -0.25) is 4.79 Å². The van der Waals surface area contributed by atoms with Crippen LogP contribution in [0.2, 0.25) is 0 Å². The molecule has 0 saturated heterocycles. The fourth-order valence-electron chi connectivity index (χ4n) is 1.72. The van der Waals surface area contributed by atoms with Gasteiger partial charge in [-0.05, 0) is 25.0 Å². The Hall–Kier alpha value is -1.69. The third-order valence-electron chi connectivity index (χ3n) is 2.92. The minimum absolute atomic E-state index is 0.0910. The number of ether oxygens (including phenoxy) is 1. The van der Waals surface area contributed by atoms with E-state index in [-0.39, 0.29) is 12.4 Å². The lowest BCUT2D eigenvalue weighted by atomic mass is 10.2. The van der Waals surface area contributed by atoms with Gasteiger partial charge in [0.05, 0.1) is 12.6 Å². The lowest BCUT2D eigenvalue weighted by molar-refractivity contribution is -0.120. The Kier molecular flexibility index (Phi) is 4.31. The van der Waals surface area contributed by atoms with E-state index in [1.807, 2.05) is 0 Å². The van der Waals surface area contributed by atoms with Gasteiger partial charge in [0.2, 0.25) is 5.91 Å². The van der Waals surface area contributed by atoms with E-state index in [1.54, 1.807) is 0 Å². The van der Waals surface area contributed by atoms with Gasteiger partial charge in [0, 0.05) is 18.5 Å². The maximum absolute atomic E-state index is 13.3. The predicted octanol–water partition coefficient (Wildman–Crippen LogP) is 1.34. The molecule has 0 aliphatic heterocycles. The summed E-state index contributed by atoms with van der Waals surface area (Å²) in [5.74, 6) is -1.82. The van der Waals surface area contributed by atoms with Crippen molar-refractivity contribution in [2.24, 2.45) is 5.73 Å². The van der Waals surface area contributed by atoms with Crippen molar-refractivity contribution in [1.82, 2.24) is 5.32 Å². The number of rotatable bonds is 7. The molecular formula is C13H16F2N2O2. The van der Waals surface area contributed by atoms with Crippen LogP contribution in [0.5, 0.6) is 5.75 Å². The Labute approximate surface area is 109 Å². The molecule has 1 aliphatic carbocycles. The molecule has 2 rings (SSSR count). The third kappa shape index (κ3) is 4.17. The van der Waals surface area contributed by atoms with E-state index in [1.165, 1.54) is 0 Å². The van der Waals surface area contributed by atoms with Crippen molar-refractivity contribution in [2.45, 2.75) is 31.3 Å². The average Bonchev–Trinajstić information content (AvgIpc) is 3.16. The number of hydrogen-bond donors (Lipinski definition) is 2. The number of nitrogens with one attached hydrogen (secondary N) is 1. The van der Waals surface area contributed by atoms with Gasteiger partial charge in [0.15, 0.2) is 11.6 Å². The highest BCUT2D eigenvalue weighted by molar-refractivity contribution is 5.79. The smallest absolute Gasteiger partial charge is 0.234 e. The van der Waals surface area contributed by atoms with Gasteiger partial charge >= 0.3 is 0 Å². The molecule has 1 amide bonds. The van der Waals surface area contributed by atoms with Crippen LogP contribution in [0.25, 0.3) is 0 Å². The quantitative estimate of drug-likeness (QED) is 0.786. The van der Waals surface area contributed by atoms with Gasteiger partial charge in [-0.2, -0.15) is 0 Å². The minimum Gasteiger partial charge on any atom is -0.490 e. The Morgan fingerprint density at radius 3 is 2.84 bits per heavy atom. The fraction of sp³-hybridized carbons (Fsp3) is 0.462. The van der Waals surface area contributed by atoms with Crippen molar-refractivity contribution in [3.05, 3.63) is 29.8 Å². The first-order valence-corrected chi connectivity index (χ1v) is 6.19. The lowest BCUT2D eigenvalue weighted by Gasteiger charge is -2.15. The number of halogens is 2. The summed E-state index contributed by atoms with van der Waals surface area (Å²) >= 11 is 0. The topological polar surface area (TPSA) is 64.4 Å². The molecular weight excluding hydrogens is 254 g/mol. The van der Waals surface area contributed by atoms with Crippen molar-refractivity contribution in [3.63, 3.8) is 0 Å². The number of carbonyl (C=O) groups excluding carboxylic acids is 1. The number of benzene rings is 1. The molecule has 1 aromatic carbocycles. The molecule has 0 heterocycles. The fourth-order valence-corrected chi connectivity index (χ4v) is 1.72. The summed E-state index contributed by atoms with van der Waals surface area (Å²) in [4.78, 5) is 11.2. The molecule has 0 aromatic heterocycles. The van der Waals surface area contributed by atoms with Gasteiger partial charge in [0.1, 0.15) is 5.82 Å². The summed E-state index contributed by atoms with van der Waals surface area (Å²) in [6.45, 7) is 0.0910. The summed E-state index contributed by atoms with van der Waals surface area (Å²) in [6, 6.07) is 2.83. The summed E-state index contributed by atoms with van der Waals surface area (Å²) in [5.41, 5.74) is 5.26. The average molecular weight is 270 g/mol. The van der Waals surface area contributed by atoms with E-state index in [0.29, 0.717) is 12.5 Å². The van der Waals surface area contributed by atoms with E-state index < -0.39 is 23.6 Å². The molecule has 0 radical (unpaired) electrons. The van der Waals surface area contributed by atoms with Gasteiger partial charge in [0.25, 0.3) is 0 Å². The number of hydrogen-bond acceptors (Lipinski definition) is 3. The summed E-state index contributed by atoms with van der Waals surface area (Å²) in [6.07, 6.45) is 2.38. The Bertz CT molecular complexity index is 464. The molecule has 0 spiro atoms. The number of amides is 1. The van der Waals surface area contributed by atoms with Crippen molar-refractivity contribution in [1.29, 1.82) is 0 Å². The molecule has 1 aromatic rings. The zero-order valence-corrected chi connectivity index (χ0v) is 10.4. The highest BCUT2D eigenvalue weighted by Gasteiger charge is 2.27. The zero-order valence-electron chi connectivity index (χ0n) is 10.4. The highest BCUT2D eigenvalue weighted by Crippen LogP contribution is 2.21. The van der Waals surface area contributed by atoms with Crippen LogP contribution in [-0.2, 0) is 4.79 Å². The first kappa shape index (κ1) is 13.7. The van der Waals surface area contributed by atoms with Crippen molar-refractivity contribution in [2.75, 3.05) is 6.61 Å². The SMILES string of the molecule is NC(=O)C(CCOc1cc(F)ccc1F)NC1CC1. The standard InChI is InChI=1S/C13H16F2N2O2/c14-8-1-4-10(15)12(7-8)19-6-5-11(13(16)18)17-9-2-3-9/h1,4,7,9,11,17H,2-3,5-6H2,(H2,16,18). The number of nitrogens with two attached hydrogens (primary N) is 1. The summed E-state index contributed by atoms with van der Waals surface area (Å²) < 4.78 is 31.3. The molecule has 4 nitrogen and oxygen atoms in total. The first-order valence-electron chi connectivity index (χ1n) is 6.19. The van der Waals surface area contributed by atoms with Crippen molar-refractivity contribution in [3.8, 4) is 5.75 Å². The van der Waals surface area contributed by atoms with Crippen LogP contribution in [-0.4, -0.2) is 24.6 Å². The van der Waals surface area contributed by atoms with E-state index in [2.05, 4.69) is 5.32 Å². The van der Waals surface area contributed by atoms with Crippen LogP contribution < -0.4 is 15.8 Å². The van der Waals surface area contributed by atoms with E-state index >= 15 is 0 Å². The van der Waals surface area contributed by atoms with Gasteiger partial charge in [-0.1, -0.05) is 0 Å². The normalized spacial score (nSPS) is 16.1. The van der Waals surface area contributed by atoms with Gasteiger partial charge in [-0.15, -0.1) is 0 Å². The third-order valence-corrected chi connectivity index (χ3v) is 2.92. The Morgan fingerprint density at radius 2 is 2.21 bits per heavy atom. The van der Waals surface area contributed by atoms with Crippen LogP contribution in [0.15, 0.2) is 18.2 Å². The van der Waals surface area contributed by atoms with E-state index in [4.69, 9.17) is 10.5 Å². The second kappa shape index (κ2) is 5.97. The van der Waals surface area contributed by atoms with Crippen LogP contribution in [0, 0.1) is 11.6 Å². The second-order valence-corrected chi connectivity index (χ2v) is 4.61. The maximum atomic E-state index is 13.3. The molecule has 1 fully saturated rings. The molecule has 1 saturated carbocycles. The summed E-state index contributed by atoms with van der Waals surface area (Å²) in [7, 11) is 0. The molecule has 1 aliphatic rings. The van der Waals surface area contributed by atoms with Crippen LogP contribution in [0.4, 0.5) is 8.78 Å². The van der Waals surface area contributed by atoms with E-state index in [9.17, 15) is 13.6 Å². The maximum Gasteiger partial charge on any atom is 0.234 e. The molecule has 1 atom stereocenters. The molecule has 1 unspecified atom stereocenters. The Morgan fingerprint density at radius 1 is 1.47 bits per heavy atom. The lowest BCUT2D eigenvalue weighted by Crippen LogP contribution is -2.43. The van der Waals surface area contributed by atoms with Crippen LogP contribution in [0.1, 0.15) is 19.3 Å². The molecule has 3 N–H and O–H groups in total. The largest absolute Gasteiger partial charge is 0.490 e. The molecule has 0 bridgehead atoms. The van der Waals surface area contributed by atoms with Crippen LogP contribution in [0.3, 0.4) is 0 Å². The molecule has 104 valence electrons. The van der Waals surface area contributed by atoms with Crippen molar-refractivity contribution >= 4 is 5.91 Å². The monoisotopic (exact) mass is 270 g/mol. The predicted molar refractivity (Wildman–Crippen MR) is 65.6 cm³/mol. The second-order valence-electron chi connectivity index (χ2n) is 4.61. The van der Waals surface area contributed by atoms with Gasteiger partial charge < -0.3 is 15.8 Å². The molecule has 19 heavy (non-hydrogen) atoms. The van der Waals surface area contributed by atoms with Crippen LogP contribution >= 0.6 is 0 Å². The number of carbonyl (C=O) groups is 1.